The quantitative estimate of drug-likeness (QED) is 0.723. The molecule has 4 nitrogen and oxygen atoms in total. The van der Waals surface area contributed by atoms with Gasteiger partial charge >= 0.3 is 0 Å². The first-order valence-electron chi connectivity index (χ1n) is 3.96. The van der Waals surface area contributed by atoms with Crippen molar-refractivity contribution in [2.75, 3.05) is 5.73 Å². The highest BCUT2D eigenvalue weighted by Gasteiger charge is 2.05. The largest absolute Gasteiger partial charge is 0.368 e. The Morgan fingerprint density at radius 2 is 2.14 bits per heavy atom. The molecule has 14 heavy (non-hydrogen) atoms. The van der Waals surface area contributed by atoms with Gasteiger partial charge in [0, 0.05) is 29.7 Å². The van der Waals surface area contributed by atoms with E-state index in [2.05, 4.69) is 15.0 Å². The van der Waals surface area contributed by atoms with Gasteiger partial charge in [0.25, 0.3) is 0 Å². The molecule has 5 heteroatoms. The zero-order chi connectivity index (χ0) is 9.97. The van der Waals surface area contributed by atoms with E-state index in [1.165, 1.54) is 0 Å². The molecule has 0 spiro atoms. The van der Waals surface area contributed by atoms with E-state index in [0.29, 0.717) is 5.15 Å². The van der Waals surface area contributed by atoms with Crippen LogP contribution in [0.15, 0.2) is 30.7 Å². The Morgan fingerprint density at radius 3 is 2.79 bits per heavy atom. The molecular weight excluding hydrogens is 200 g/mol. The van der Waals surface area contributed by atoms with E-state index in [9.17, 15) is 0 Å². The molecular formula is C9H7ClN4. The average Bonchev–Trinajstić information content (AvgIpc) is 2.19. The topological polar surface area (TPSA) is 64.7 Å². The number of halogens is 1. The summed E-state index contributed by atoms with van der Waals surface area (Å²) < 4.78 is 0. The van der Waals surface area contributed by atoms with Gasteiger partial charge in [-0.2, -0.15) is 0 Å². The number of nitrogens with zero attached hydrogens (tertiary/aromatic N) is 3. The van der Waals surface area contributed by atoms with Gasteiger partial charge in [0.2, 0.25) is 5.95 Å². The van der Waals surface area contributed by atoms with Crippen LogP contribution in [0.2, 0.25) is 5.15 Å². The summed E-state index contributed by atoms with van der Waals surface area (Å²) in [6, 6.07) is 3.70. The second-order valence-corrected chi connectivity index (χ2v) is 3.03. The summed E-state index contributed by atoms with van der Waals surface area (Å²) in [5, 5.41) is 0.338. The van der Waals surface area contributed by atoms with Crippen LogP contribution >= 0.6 is 11.6 Å². The molecule has 0 aliphatic rings. The minimum Gasteiger partial charge on any atom is -0.368 e. The van der Waals surface area contributed by atoms with E-state index in [4.69, 9.17) is 17.3 Å². The Morgan fingerprint density at radius 1 is 1.29 bits per heavy atom. The molecule has 0 fully saturated rings. The molecule has 0 atom stereocenters. The van der Waals surface area contributed by atoms with Crippen molar-refractivity contribution in [3.05, 3.63) is 35.9 Å². The molecule has 2 aromatic heterocycles. The third-order valence-corrected chi connectivity index (χ3v) is 2.02. The zero-order valence-electron chi connectivity index (χ0n) is 7.18. The van der Waals surface area contributed by atoms with Gasteiger partial charge in [-0.3, -0.25) is 4.98 Å². The summed E-state index contributed by atoms with van der Waals surface area (Å²) in [7, 11) is 0. The monoisotopic (exact) mass is 206 g/mol. The van der Waals surface area contributed by atoms with Crippen LogP contribution in [0.1, 0.15) is 0 Å². The lowest BCUT2D eigenvalue weighted by molar-refractivity contribution is 1.18. The number of hydrogen-bond donors (Lipinski definition) is 1. The molecule has 0 radical (unpaired) electrons. The SMILES string of the molecule is Nc1ncc(-c2cccnc2)c(Cl)n1. The van der Waals surface area contributed by atoms with E-state index in [1.54, 1.807) is 18.6 Å². The fourth-order valence-corrected chi connectivity index (χ4v) is 1.33. The van der Waals surface area contributed by atoms with Crippen molar-refractivity contribution in [3.8, 4) is 11.1 Å². The van der Waals surface area contributed by atoms with Gasteiger partial charge in [-0.1, -0.05) is 17.7 Å². The molecule has 0 aliphatic heterocycles. The van der Waals surface area contributed by atoms with Crippen molar-refractivity contribution in [2.24, 2.45) is 0 Å². The molecule has 2 heterocycles. The molecule has 2 rings (SSSR count). The second kappa shape index (κ2) is 3.59. The highest BCUT2D eigenvalue weighted by Crippen LogP contribution is 2.24. The predicted molar refractivity (Wildman–Crippen MR) is 54.7 cm³/mol. The minimum absolute atomic E-state index is 0.169. The Labute approximate surface area is 85.8 Å². The maximum Gasteiger partial charge on any atom is 0.221 e. The number of nitrogens with two attached hydrogens (primary N) is 1. The average molecular weight is 207 g/mol. The first-order chi connectivity index (χ1) is 6.77. The molecule has 0 saturated heterocycles. The van der Waals surface area contributed by atoms with Crippen LogP contribution in [0.25, 0.3) is 11.1 Å². The third-order valence-electron chi connectivity index (χ3n) is 1.73. The lowest BCUT2D eigenvalue weighted by Gasteiger charge is -2.02. The molecule has 0 bridgehead atoms. The van der Waals surface area contributed by atoms with Gasteiger partial charge in [-0.15, -0.1) is 0 Å². The summed E-state index contributed by atoms with van der Waals surface area (Å²) in [6.45, 7) is 0. The smallest absolute Gasteiger partial charge is 0.221 e. The van der Waals surface area contributed by atoms with Gasteiger partial charge in [0.05, 0.1) is 0 Å². The number of nitrogen functional groups attached to an aromatic ring is 1. The lowest BCUT2D eigenvalue weighted by Crippen LogP contribution is -1.95. The van der Waals surface area contributed by atoms with Gasteiger partial charge in [0.1, 0.15) is 5.15 Å². The van der Waals surface area contributed by atoms with Crippen LogP contribution < -0.4 is 5.73 Å². The Hall–Kier alpha value is -1.68. The molecule has 2 N–H and O–H groups in total. The number of anilines is 1. The summed E-state index contributed by atoms with van der Waals surface area (Å²) in [5.74, 6) is 0.169. The number of hydrogen-bond acceptors (Lipinski definition) is 4. The van der Waals surface area contributed by atoms with Crippen LogP contribution in [0.3, 0.4) is 0 Å². The van der Waals surface area contributed by atoms with Gasteiger partial charge < -0.3 is 5.73 Å². The van der Waals surface area contributed by atoms with E-state index >= 15 is 0 Å². The van der Waals surface area contributed by atoms with E-state index in [-0.39, 0.29) is 5.95 Å². The number of aromatic nitrogens is 3. The predicted octanol–water partition coefficient (Wildman–Crippen LogP) is 1.77. The van der Waals surface area contributed by atoms with E-state index in [1.807, 2.05) is 12.1 Å². The van der Waals surface area contributed by atoms with Crippen molar-refractivity contribution in [1.29, 1.82) is 0 Å². The first-order valence-corrected chi connectivity index (χ1v) is 4.33. The van der Waals surface area contributed by atoms with Gasteiger partial charge in [-0.25, -0.2) is 9.97 Å². The first kappa shape index (κ1) is 8.90. The zero-order valence-corrected chi connectivity index (χ0v) is 7.94. The van der Waals surface area contributed by atoms with Crippen molar-refractivity contribution in [1.82, 2.24) is 15.0 Å². The van der Waals surface area contributed by atoms with E-state index < -0.39 is 0 Å². The summed E-state index contributed by atoms with van der Waals surface area (Å²) in [5.41, 5.74) is 6.99. The maximum atomic E-state index is 5.91. The maximum absolute atomic E-state index is 5.91. The molecule has 0 aromatic carbocycles. The molecule has 0 saturated carbocycles. The van der Waals surface area contributed by atoms with Crippen LogP contribution in [-0.2, 0) is 0 Å². The van der Waals surface area contributed by atoms with Crippen LogP contribution in [-0.4, -0.2) is 15.0 Å². The number of rotatable bonds is 1. The normalized spacial score (nSPS) is 10.1. The molecule has 0 unspecified atom stereocenters. The number of pyridine rings is 1. The minimum atomic E-state index is 0.169. The van der Waals surface area contributed by atoms with Crippen molar-refractivity contribution in [3.63, 3.8) is 0 Å². The van der Waals surface area contributed by atoms with Crippen molar-refractivity contribution in [2.45, 2.75) is 0 Å². The molecule has 70 valence electrons. The van der Waals surface area contributed by atoms with Crippen LogP contribution in [0.4, 0.5) is 5.95 Å². The molecule has 0 aliphatic carbocycles. The Balaban J connectivity index is 2.53. The Kier molecular flexibility index (Phi) is 2.28. The highest BCUT2D eigenvalue weighted by molar-refractivity contribution is 6.32. The van der Waals surface area contributed by atoms with Gasteiger partial charge in [-0.05, 0) is 6.07 Å². The molecule has 2 aromatic rings. The lowest BCUT2D eigenvalue weighted by atomic mass is 10.2. The highest BCUT2D eigenvalue weighted by atomic mass is 35.5. The fraction of sp³-hybridized carbons (Fsp3) is 0. The van der Waals surface area contributed by atoms with E-state index in [0.717, 1.165) is 11.1 Å². The summed E-state index contributed by atoms with van der Waals surface area (Å²) >= 11 is 5.91. The summed E-state index contributed by atoms with van der Waals surface area (Å²) in [6.07, 6.45) is 4.97. The molecule has 0 amide bonds. The van der Waals surface area contributed by atoms with Crippen LogP contribution in [0, 0.1) is 0 Å². The van der Waals surface area contributed by atoms with Crippen molar-refractivity contribution < 1.29 is 0 Å². The summed E-state index contributed by atoms with van der Waals surface area (Å²) in [4.78, 5) is 11.7. The fourth-order valence-electron chi connectivity index (χ4n) is 1.09. The second-order valence-electron chi connectivity index (χ2n) is 2.67. The van der Waals surface area contributed by atoms with Crippen LogP contribution in [0.5, 0.6) is 0 Å². The van der Waals surface area contributed by atoms with Gasteiger partial charge in [0.15, 0.2) is 0 Å². The standard InChI is InChI=1S/C9H7ClN4/c10-8-7(5-13-9(11)14-8)6-2-1-3-12-4-6/h1-5H,(H2,11,13,14). The Bertz CT molecular complexity index is 444. The third kappa shape index (κ3) is 1.65. The van der Waals surface area contributed by atoms with Crippen molar-refractivity contribution >= 4 is 17.5 Å².